The Labute approximate surface area is 153 Å². The summed E-state index contributed by atoms with van der Waals surface area (Å²) in [6.07, 6.45) is 9.61. The van der Waals surface area contributed by atoms with Crippen LogP contribution in [0.3, 0.4) is 0 Å². The van der Waals surface area contributed by atoms with E-state index >= 15 is 0 Å². The summed E-state index contributed by atoms with van der Waals surface area (Å²) in [4.78, 5) is 0. The SMILES string of the molecule is CC1=CC(C(C)(C)C2C=C(C(C)(C)C)c3ccccc32)C=C1.[Li]. The van der Waals surface area contributed by atoms with Crippen LogP contribution < -0.4 is 0 Å². The molecular weight excluding hydrogens is 271 g/mol. The zero-order valence-corrected chi connectivity index (χ0v) is 15.8. The summed E-state index contributed by atoms with van der Waals surface area (Å²) in [7, 11) is 0. The maximum atomic E-state index is 2.54. The van der Waals surface area contributed by atoms with Crippen molar-refractivity contribution >= 4 is 24.4 Å². The van der Waals surface area contributed by atoms with Crippen molar-refractivity contribution in [3.63, 3.8) is 0 Å². The van der Waals surface area contributed by atoms with E-state index in [1.54, 1.807) is 0 Å². The minimum atomic E-state index is 0. The Morgan fingerprint density at radius 1 is 0.913 bits per heavy atom. The molecule has 0 spiro atoms. The van der Waals surface area contributed by atoms with Crippen LogP contribution >= 0.6 is 0 Å². The summed E-state index contributed by atoms with van der Waals surface area (Å²) < 4.78 is 0. The molecule has 0 saturated carbocycles. The van der Waals surface area contributed by atoms with E-state index < -0.39 is 0 Å². The Morgan fingerprint density at radius 2 is 1.57 bits per heavy atom. The van der Waals surface area contributed by atoms with Gasteiger partial charge in [0.05, 0.1) is 0 Å². The van der Waals surface area contributed by atoms with Gasteiger partial charge in [0, 0.05) is 30.7 Å². The molecule has 2 atom stereocenters. The molecule has 0 saturated heterocycles. The zero-order chi connectivity index (χ0) is 16.1. The molecule has 0 nitrogen and oxygen atoms in total. The van der Waals surface area contributed by atoms with E-state index in [4.69, 9.17) is 0 Å². The van der Waals surface area contributed by atoms with Gasteiger partial charge in [-0.05, 0) is 34.5 Å². The molecule has 0 bridgehead atoms. The average Bonchev–Trinajstić information content (AvgIpc) is 3.02. The van der Waals surface area contributed by atoms with Crippen LogP contribution in [0.1, 0.15) is 58.6 Å². The zero-order valence-electron chi connectivity index (χ0n) is 15.8. The molecule has 0 aliphatic heterocycles. The van der Waals surface area contributed by atoms with Gasteiger partial charge in [-0.1, -0.05) is 88.8 Å². The summed E-state index contributed by atoms with van der Waals surface area (Å²) in [6.45, 7) is 14.0. The van der Waals surface area contributed by atoms with Crippen LogP contribution in [0.5, 0.6) is 0 Å². The summed E-state index contributed by atoms with van der Waals surface area (Å²) in [5.74, 6) is 0.996. The third kappa shape index (κ3) is 3.17. The molecule has 0 heterocycles. The minimum absolute atomic E-state index is 0. The van der Waals surface area contributed by atoms with Gasteiger partial charge in [0.15, 0.2) is 0 Å². The fourth-order valence-electron chi connectivity index (χ4n) is 3.95. The van der Waals surface area contributed by atoms with Crippen molar-refractivity contribution in [1.82, 2.24) is 0 Å². The molecule has 0 aromatic heterocycles. The molecule has 0 fully saturated rings. The van der Waals surface area contributed by atoms with Crippen LogP contribution in [0.2, 0.25) is 0 Å². The van der Waals surface area contributed by atoms with Gasteiger partial charge in [-0.25, -0.2) is 0 Å². The molecule has 2 aliphatic carbocycles. The molecule has 1 radical (unpaired) electrons. The second-order valence-corrected chi connectivity index (χ2v) is 8.51. The Balaban J connectivity index is 0.00000192. The number of hydrogen-bond donors (Lipinski definition) is 0. The van der Waals surface area contributed by atoms with Crippen LogP contribution in [0.25, 0.3) is 5.57 Å². The van der Waals surface area contributed by atoms with Gasteiger partial charge < -0.3 is 0 Å². The van der Waals surface area contributed by atoms with Crippen LogP contribution in [0.15, 0.2) is 54.1 Å². The second kappa shape index (κ2) is 6.16. The van der Waals surface area contributed by atoms with Gasteiger partial charge >= 0.3 is 0 Å². The number of hydrogen-bond acceptors (Lipinski definition) is 0. The van der Waals surface area contributed by atoms with E-state index in [-0.39, 0.29) is 29.7 Å². The van der Waals surface area contributed by atoms with Gasteiger partial charge in [0.1, 0.15) is 0 Å². The van der Waals surface area contributed by atoms with Gasteiger partial charge in [-0.3, -0.25) is 0 Å². The molecule has 0 amide bonds. The predicted molar refractivity (Wildman–Crippen MR) is 103 cm³/mol. The Hall–Kier alpha value is -0.963. The van der Waals surface area contributed by atoms with E-state index in [0.717, 1.165) is 0 Å². The predicted octanol–water partition coefficient (Wildman–Crippen LogP) is 5.99. The van der Waals surface area contributed by atoms with Gasteiger partial charge in [-0.2, -0.15) is 0 Å². The molecule has 2 unspecified atom stereocenters. The fraction of sp³-hybridized carbons (Fsp3) is 0.455. The monoisotopic (exact) mass is 299 g/mol. The quantitative estimate of drug-likeness (QED) is 0.588. The molecule has 2 aliphatic rings. The van der Waals surface area contributed by atoms with E-state index in [1.807, 2.05) is 0 Å². The third-order valence-corrected chi connectivity index (χ3v) is 5.40. The Bertz CT molecular complexity index is 680. The number of rotatable bonds is 2. The molecule has 1 heteroatoms. The first-order chi connectivity index (χ1) is 10.2. The van der Waals surface area contributed by atoms with Gasteiger partial charge in [-0.15, -0.1) is 0 Å². The fourth-order valence-corrected chi connectivity index (χ4v) is 3.95. The van der Waals surface area contributed by atoms with Crippen molar-refractivity contribution < 1.29 is 0 Å². The number of allylic oxidation sites excluding steroid dienone is 6. The van der Waals surface area contributed by atoms with Crippen molar-refractivity contribution in [3.8, 4) is 0 Å². The van der Waals surface area contributed by atoms with E-state index in [1.165, 1.54) is 22.3 Å². The van der Waals surface area contributed by atoms with Crippen LogP contribution in [-0.2, 0) is 0 Å². The smallest absolute Gasteiger partial charge is 0.00900 e. The molecule has 3 rings (SSSR count). The van der Waals surface area contributed by atoms with Crippen LogP contribution in [0, 0.1) is 16.7 Å². The van der Waals surface area contributed by atoms with E-state index in [2.05, 4.69) is 90.1 Å². The summed E-state index contributed by atoms with van der Waals surface area (Å²) in [5.41, 5.74) is 6.24. The maximum Gasteiger partial charge on any atom is 0.00900 e. The third-order valence-electron chi connectivity index (χ3n) is 5.40. The van der Waals surface area contributed by atoms with Crippen LogP contribution in [0.4, 0.5) is 0 Å². The number of fused-ring (bicyclic) bond motifs is 1. The second-order valence-electron chi connectivity index (χ2n) is 8.51. The Morgan fingerprint density at radius 3 is 2.13 bits per heavy atom. The summed E-state index contributed by atoms with van der Waals surface area (Å²) in [5, 5.41) is 0. The molecule has 1 aromatic carbocycles. The van der Waals surface area contributed by atoms with Crippen molar-refractivity contribution in [2.24, 2.45) is 16.7 Å². The largest absolute Gasteiger partial charge is 0.0768 e. The summed E-state index contributed by atoms with van der Waals surface area (Å²) >= 11 is 0. The molecule has 23 heavy (non-hydrogen) atoms. The Kier molecular flexibility index (Phi) is 4.92. The molecule has 0 N–H and O–H groups in total. The van der Waals surface area contributed by atoms with E-state index in [0.29, 0.717) is 11.8 Å². The van der Waals surface area contributed by atoms with Crippen molar-refractivity contribution in [2.45, 2.75) is 47.5 Å². The first kappa shape index (κ1) is 18.4. The topological polar surface area (TPSA) is 0 Å². The average molecular weight is 299 g/mol. The standard InChI is InChI=1S/C22H28.Li/c1-15-11-12-16(13-15)22(5,6)20-14-19(21(2,3)4)17-9-7-8-10-18(17)20;/h7-14,16,20H,1-6H3;. The molecular formula is C22H28Li. The first-order valence-corrected chi connectivity index (χ1v) is 8.39. The van der Waals surface area contributed by atoms with Gasteiger partial charge in [0.25, 0.3) is 0 Å². The van der Waals surface area contributed by atoms with Crippen molar-refractivity contribution in [1.29, 1.82) is 0 Å². The van der Waals surface area contributed by atoms with Crippen molar-refractivity contribution in [2.75, 3.05) is 0 Å². The minimum Gasteiger partial charge on any atom is -0.0768 e. The van der Waals surface area contributed by atoms with Crippen molar-refractivity contribution in [3.05, 3.63) is 65.3 Å². The molecule has 1 aromatic rings. The number of benzene rings is 1. The van der Waals surface area contributed by atoms with Gasteiger partial charge in [0.2, 0.25) is 0 Å². The first-order valence-electron chi connectivity index (χ1n) is 8.39. The molecule has 117 valence electrons. The normalized spacial score (nSPS) is 23.2. The van der Waals surface area contributed by atoms with E-state index in [9.17, 15) is 0 Å². The summed E-state index contributed by atoms with van der Waals surface area (Å²) in [6, 6.07) is 8.99. The van der Waals surface area contributed by atoms with Crippen LogP contribution in [-0.4, -0.2) is 18.9 Å². The maximum absolute atomic E-state index is 2.54.